The third-order valence-corrected chi connectivity index (χ3v) is 9.24. The van der Waals surface area contributed by atoms with Gasteiger partial charge in [-0.25, -0.2) is 9.59 Å². The van der Waals surface area contributed by atoms with Crippen LogP contribution in [0.25, 0.3) is 5.69 Å². The summed E-state index contributed by atoms with van der Waals surface area (Å²) >= 11 is 0. The van der Waals surface area contributed by atoms with Crippen LogP contribution < -0.4 is 28.2 Å². The van der Waals surface area contributed by atoms with Crippen molar-refractivity contribution in [3.05, 3.63) is 52.6 Å². The lowest BCUT2D eigenvalue weighted by Crippen LogP contribution is -2.55. The molecule has 228 valence electrons. The number of carbonyl (C=O) groups excluding carboxylic acids is 2. The minimum atomic E-state index is -0.544. The van der Waals surface area contributed by atoms with Crippen LogP contribution in [0, 0.1) is 17.8 Å². The van der Waals surface area contributed by atoms with E-state index in [1.807, 2.05) is 12.1 Å². The number of hydrogen-bond donors (Lipinski definition) is 4. The van der Waals surface area contributed by atoms with Gasteiger partial charge in [0.05, 0.1) is 11.7 Å². The lowest BCUT2D eigenvalue weighted by molar-refractivity contribution is -0.134. The quantitative estimate of drug-likeness (QED) is 0.278. The Hall–Kier alpha value is -3.32. The van der Waals surface area contributed by atoms with E-state index in [1.54, 1.807) is 22.1 Å². The van der Waals surface area contributed by atoms with Gasteiger partial charge in [0.25, 0.3) is 0 Å². The van der Waals surface area contributed by atoms with Crippen LogP contribution >= 0.6 is 0 Å². The van der Waals surface area contributed by atoms with Gasteiger partial charge in [-0.15, -0.1) is 0 Å². The molecular formula is C30H45N9O3. The Morgan fingerprint density at radius 2 is 1.67 bits per heavy atom. The number of amides is 3. The molecule has 0 bridgehead atoms. The number of nitrogens with zero attached hydrogens (tertiary/aromatic N) is 5. The van der Waals surface area contributed by atoms with Gasteiger partial charge in [0.1, 0.15) is 5.82 Å². The van der Waals surface area contributed by atoms with E-state index in [9.17, 15) is 14.4 Å². The molecule has 0 radical (unpaired) electrons. The fraction of sp³-hybridized carbons (Fsp3) is 0.600. The normalized spacial score (nSPS) is 23.4. The summed E-state index contributed by atoms with van der Waals surface area (Å²) in [6.07, 6.45) is 4.84. The number of aromatic nitrogens is 2. The predicted octanol–water partition coefficient (Wildman–Crippen LogP) is 0.432. The van der Waals surface area contributed by atoms with E-state index in [2.05, 4.69) is 34.3 Å². The molecule has 3 fully saturated rings. The van der Waals surface area contributed by atoms with Crippen molar-refractivity contribution < 1.29 is 9.59 Å². The second kappa shape index (κ2) is 13.3. The van der Waals surface area contributed by atoms with E-state index in [0.717, 1.165) is 62.3 Å². The molecule has 3 aliphatic rings. The Morgan fingerprint density at radius 3 is 2.29 bits per heavy atom. The van der Waals surface area contributed by atoms with Gasteiger partial charge in [-0.2, -0.15) is 4.98 Å². The van der Waals surface area contributed by atoms with Crippen molar-refractivity contribution in [3.8, 4) is 5.69 Å². The Labute approximate surface area is 247 Å². The second-order valence-electron chi connectivity index (χ2n) is 12.0. The van der Waals surface area contributed by atoms with Crippen LogP contribution in [0.1, 0.15) is 31.7 Å². The molecule has 2 aliphatic heterocycles. The number of rotatable bonds is 11. The van der Waals surface area contributed by atoms with Gasteiger partial charge in [0, 0.05) is 51.5 Å². The zero-order valence-corrected chi connectivity index (χ0v) is 24.5. The van der Waals surface area contributed by atoms with E-state index in [4.69, 9.17) is 17.2 Å². The van der Waals surface area contributed by atoms with E-state index >= 15 is 0 Å². The van der Waals surface area contributed by atoms with Crippen molar-refractivity contribution in [2.75, 3.05) is 57.7 Å². The fourth-order valence-corrected chi connectivity index (χ4v) is 6.51. The highest BCUT2D eigenvalue weighted by molar-refractivity contribution is 5.88. The number of unbranched alkanes of at least 4 members (excludes halogenated alkanes) is 1. The molecule has 1 aromatic heterocycles. The molecular weight excluding hydrogens is 534 g/mol. The summed E-state index contributed by atoms with van der Waals surface area (Å²) in [7, 11) is 0. The van der Waals surface area contributed by atoms with Gasteiger partial charge in [0.15, 0.2) is 0 Å². The smallest absolute Gasteiger partial charge is 0.338 e. The highest BCUT2D eigenvalue weighted by Gasteiger charge is 2.55. The highest BCUT2D eigenvalue weighted by Crippen LogP contribution is 2.51. The zero-order chi connectivity index (χ0) is 29.8. The molecule has 3 amide bonds. The molecule has 42 heavy (non-hydrogen) atoms. The Bertz CT molecular complexity index is 1280. The first-order valence-corrected chi connectivity index (χ1v) is 15.2. The minimum absolute atomic E-state index is 0.0937. The number of nitrogens with one attached hydrogen (secondary N) is 1. The average molecular weight is 580 g/mol. The first kappa shape index (κ1) is 30.1. The molecule has 7 N–H and O–H groups in total. The lowest BCUT2D eigenvalue weighted by Gasteiger charge is -2.35. The number of carbonyl (C=O) groups is 2. The number of piperidine rings is 1. The zero-order valence-electron chi connectivity index (χ0n) is 24.5. The number of urea groups is 1. The largest absolute Gasteiger partial charge is 0.354 e. The van der Waals surface area contributed by atoms with E-state index in [0.29, 0.717) is 45.2 Å². The monoisotopic (exact) mass is 579 g/mol. The molecule has 12 nitrogen and oxygen atoms in total. The highest BCUT2D eigenvalue weighted by atomic mass is 16.2. The summed E-state index contributed by atoms with van der Waals surface area (Å²) in [6.45, 7) is 7.55. The van der Waals surface area contributed by atoms with Gasteiger partial charge in [0.2, 0.25) is 5.91 Å². The first-order valence-electron chi connectivity index (χ1n) is 15.2. The average Bonchev–Trinajstić information content (AvgIpc) is 3.47. The van der Waals surface area contributed by atoms with Gasteiger partial charge >= 0.3 is 11.7 Å². The van der Waals surface area contributed by atoms with Gasteiger partial charge in [-0.1, -0.05) is 18.6 Å². The number of hydrogen-bond acceptors (Lipinski definition) is 8. The maximum Gasteiger partial charge on any atom is 0.354 e. The van der Waals surface area contributed by atoms with Crippen molar-refractivity contribution >= 4 is 17.8 Å². The summed E-state index contributed by atoms with van der Waals surface area (Å²) in [5.41, 5.74) is 18.9. The summed E-state index contributed by atoms with van der Waals surface area (Å²) in [5, 5.41) is 2.71. The van der Waals surface area contributed by atoms with E-state index in [1.165, 1.54) is 10.1 Å². The SMILES string of the molecule is CC(Cc1ccc(-n2ccc(NC(=O)N3CCN(C(=O)C(N)CCCCN)CC3)nc2=O)cc1)N1C[C@@H]2C(CN)[C@@H]2C1. The van der Waals surface area contributed by atoms with Crippen LogP contribution in [-0.2, 0) is 11.2 Å². The molecule has 1 aromatic carbocycles. The van der Waals surface area contributed by atoms with E-state index < -0.39 is 11.7 Å². The number of nitrogens with two attached hydrogens (primary N) is 3. The van der Waals surface area contributed by atoms with Crippen LogP contribution in [-0.4, -0.2) is 101 Å². The second-order valence-corrected chi connectivity index (χ2v) is 12.0. The van der Waals surface area contributed by atoms with Crippen LogP contribution in [0.2, 0.25) is 0 Å². The standard InChI is InChI=1S/C30H45N9O3/c1-20(38-18-24-23(17-32)25(24)19-38)16-21-5-7-22(8-6-21)39-11-9-27(35-30(39)42)34-29(41)37-14-12-36(13-15-37)28(40)26(33)4-2-3-10-31/h5-9,11,20,23-26H,2-4,10,12-19,31-33H2,1H3,(H,34,35,41,42)/t20?,23?,24-,25+,26?. The summed E-state index contributed by atoms with van der Waals surface area (Å²) < 4.78 is 1.46. The molecule has 5 rings (SSSR count). The topological polar surface area (TPSA) is 169 Å². The molecule has 3 heterocycles. The summed E-state index contributed by atoms with van der Waals surface area (Å²) in [6, 6.07) is 9.16. The number of fused-ring (bicyclic) bond motifs is 1. The van der Waals surface area contributed by atoms with Crippen molar-refractivity contribution in [2.24, 2.45) is 35.0 Å². The van der Waals surface area contributed by atoms with Crippen molar-refractivity contribution in [2.45, 2.75) is 44.7 Å². The fourth-order valence-electron chi connectivity index (χ4n) is 6.51. The molecule has 3 unspecified atom stereocenters. The van der Waals surface area contributed by atoms with Crippen LogP contribution in [0.3, 0.4) is 0 Å². The van der Waals surface area contributed by atoms with Crippen molar-refractivity contribution in [3.63, 3.8) is 0 Å². The molecule has 2 aromatic rings. The maximum atomic E-state index is 12.8. The van der Waals surface area contributed by atoms with E-state index in [-0.39, 0.29) is 17.8 Å². The number of benzene rings is 1. The third-order valence-electron chi connectivity index (χ3n) is 9.24. The predicted molar refractivity (Wildman–Crippen MR) is 162 cm³/mol. The Kier molecular flexibility index (Phi) is 9.57. The Morgan fingerprint density at radius 1 is 1.00 bits per heavy atom. The lowest BCUT2D eigenvalue weighted by atomic mass is 10.0. The van der Waals surface area contributed by atoms with Crippen LogP contribution in [0.4, 0.5) is 10.6 Å². The number of likely N-dealkylation sites (tertiary alicyclic amines) is 1. The molecule has 0 spiro atoms. The number of anilines is 1. The molecule has 12 heteroatoms. The minimum Gasteiger partial charge on any atom is -0.338 e. The summed E-state index contributed by atoms with van der Waals surface area (Å²) in [4.78, 5) is 48.2. The van der Waals surface area contributed by atoms with Crippen LogP contribution in [0.5, 0.6) is 0 Å². The van der Waals surface area contributed by atoms with Gasteiger partial charge < -0.3 is 27.0 Å². The van der Waals surface area contributed by atoms with Crippen molar-refractivity contribution in [1.82, 2.24) is 24.3 Å². The van der Waals surface area contributed by atoms with Crippen LogP contribution in [0.15, 0.2) is 41.3 Å². The van der Waals surface area contributed by atoms with Gasteiger partial charge in [-0.05, 0) is 80.8 Å². The molecule has 1 saturated carbocycles. The third kappa shape index (κ3) is 6.83. The summed E-state index contributed by atoms with van der Waals surface area (Å²) in [5.74, 6) is 2.40. The molecule has 1 aliphatic carbocycles. The molecule has 5 atom stereocenters. The van der Waals surface area contributed by atoms with Gasteiger partial charge in [-0.3, -0.25) is 19.6 Å². The van der Waals surface area contributed by atoms with Crippen molar-refractivity contribution in [1.29, 1.82) is 0 Å². The first-order chi connectivity index (χ1) is 20.3. The maximum absolute atomic E-state index is 12.8. The Balaban J connectivity index is 1.09. The molecule has 2 saturated heterocycles. The number of piperazine rings is 1.